The largest absolute Gasteiger partial charge is 0.486 e. The van der Waals surface area contributed by atoms with Gasteiger partial charge in [-0.2, -0.15) is 0 Å². The molecule has 7 heteroatoms. The zero-order valence-corrected chi connectivity index (χ0v) is 18.5. The maximum atomic E-state index is 13.3. The second-order valence-corrected chi connectivity index (χ2v) is 8.10. The summed E-state index contributed by atoms with van der Waals surface area (Å²) >= 11 is 0. The molecule has 1 aliphatic heterocycles. The van der Waals surface area contributed by atoms with Crippen LogP contribution in [0.1, 0.15) is 20.9 Å². The van der Waals surface area contributed by atoms with Crippen LogP contribution < -0.4 is 20.1 Å². The van der Waals surface area contributed by atoms with E-state index >= 15 is 0 Å². The lowest BCUT2D eigenvalue weighted by atomic mass is 10.0. The molecule has 6 rings (SSSR count). The average Bonchev–Trinajstić information content (AvgIpc) is 3.26. The molecule has 7 nitrogen and oxygen atoms in total. The number of amides is 2. The summed E-state index contributed by atoms with van der Waals surface area (Å²) in [6, 6.07) is 25.6. The minimum Gasteiger partial charge on any atom is -0.486 e. The van der Waals surface area contributed by atoms with Gasteiger partial charge in [-0.05, 0) is 41.1 Å². The maximum absolute atomic E-state index is 13.3. The number of ether oxygens (including phenoxy) is 2. The number of carbonyl (C=O) groups excluding carboxylic acids is 2. The van der Waals surface area contributed by atoms with E-state index in [9.17, 15) is 9.59 Å². The molecule has 0 radical (unpaired) electrons. The number of hydrogen-bond donors (Lipinski definition) is 2. The van der Waals surface area contributed by atoms with Gasteiger partial charge in [0.2, 0.25) is 5.76 Å². The van der Waals surface area contributed by atoms with E-state index in [-0.39, 0.29) is 11.7 Å². The zero-order chi connectivity index (χ0) is 23.8. The van der Waals surface area contributed by atoms with Crippen LogP contribution in [0.2, 0.25) is 0 Å². The Morgan fingerprint density at radius 2 is 1.43 bits per heavy atom. The van der Waals surface area contributed by atoms with Gasteiger partial charge in [-0.15, -0.1) is 0 Å². The SMILES string of the molecule is O=C(Nc1ccc2c(c1)OCCO2)c1oc2ccccc2c1NC(=O)c1cccc2ccccc12. The van der Waals surface area contributed by atoms with Crippen molar-refractivity contribution in [1.82, 2.24) is 0 Å². The highest BCUT2D eigenvalue weighted by Gasteiger charge is 2.24. The summed E-state index contributed by atoms with van der Waals surface area (Å²) in [5.74, 6) is 0.367. The van der Waals surface area contributed by atoms with Crippen LogP contribution in [0.4, 0.5) is 11.4 Å². The summed E-state index contributed by atoms with van der Waals surface area (Å²) in [4.78, 5) is 26.6. The van der Waals surface area contributed by atoms with Crippen LogP contribution in [0.25, 0.3) is 21.7 Å². The standard InChI is InChI=1S/C28H20N2O5/c31-27(20-10-5-7-17-6-1-2-8-19(17)20)30-25-21-9-3-4-11-22(21)35-26(25)28(32)29-18-12-13-23-24(16-18)34-15-14-33-23/h1-13,16H,14-15H2,(H,29,32)(H,30,31). The molecular weight excluding hydrogens is 444 g/mol. The first-order valence-corrected chi connectivity index (χ1v) is 11.2. The van der Waals surface area contributed by atoms with Crippen molar-refractivity contribution in [3.8, 4) is 11.5 Å². The van der Waals surface area contributed by atoms with Crippen molar-refractivity contribution in [2.75, 3.05) is 23.8 Å². The van der Waals surface area contributed by atoms with E-state index in [1.165, 1.54) is 0 Å². The summed E-state index contributed by atoms with van der Waals surface area (Å²) in [7, 11) is 0. The predicted octanol–water partition coefficient (Wildman–Crippen LogP) is 5.86. The van der Waals surface area contributed by atoms with Crippen LogP contribution in [-0.4, -0.2) is 25.0 Å². The lowest BCUT2D eigenvalue weighted by Crippen LogP contribution is -2.18. The van der Waals surface area contributed by atoms with E-state index in [1.807, 2.05) is 48.5 Å². The molecule has 1 aliphatic rings. The van der Waals surface area contributed by atoms with E-state index in [2.05, 4.69) is 10.6 Å². The van der Waals surface area contributed by atoms with Gasteiger partial charge in [-0.3, -0.25) is 9.59 Å². The van der Waals surface area contributed by atoms with Crippen LogP contribution in [0.3, 0.4) is 0 Å². The summed E-state index contributed by atoms with van der Waals surface area (Å²) in [6.45, 7) is 0.926. The van der Waals surface area contributed by atoms with Crippen LogP contribution in [0.15, 0.2) is 89.3 Å². The van der Waals surface area contributed by atoms with E-state index in [4.69, 9.17) is 13.9 Å². The Morgan fingerprint density at radius 1 is 0.686 bits per heavy atom. The molecule has 0 atom stereocenters. The fraction of sp³-hybridized carbons (Fsp3) is 0.0714. The summed E-state index contributed by atoms with van der Waals surface area (Å²) in [6.07, 6.45) is 0. The van der Waals surface area contributed by atoms with Gasteiger partial charge in [0, 0.05) is 22.7 Å². The number of carbonyl (C=O) groups is 2. The Hall–Kier alpha value is -4.78. The Balaban J connectivity index is 1.35. The van der Waals surface area contributed by atoms with Gasteiger partial charge in [-0.25, -0.2) is 0 Å². The van der Waals surface area contributed by atoms with Gasteiger partial charge in [0.1, 0.15) is 24.5 Å². The van der Waals surface area contributed by atoms with Crippen LogP contribution >= 0.6 is 0 Å². The van der Waals surface area contributed by atoms with Gasteiger partial charge in [-0.1, -0.05) is 48.5 Å². The monoisotopic (exact) mass is 464 g/mol. The molecule has 0 unspecified atom stereocenters. The number of rotatable bonds is 4. The highest BCUT2D eigenvalue weighted by molar-refractivity contribution is 6.19. The van der Waals surface area contributed by atoms with Crippen molar-refractivity contribution in [1.29, 1.82) is 0 Å². The molecule has 0 fully saturated rings. The van der Waals surface area contributed by atoms with Crippen molar-refractivity contribution < 1.29 is 23.5 Å². The Labute approximate surface area is 200 Å². The Kier molecular flexibility index (Phi) is 5.07. The molecule has 2 amide bonds. The first-order chi connectivity index (χ1) is 17.2. The first kappa shape index (κ1) is 20.8. The lowest BCUT2D eigenvalue weighted by Gasteiger charge is -2.18. The summed E-state index contributed by atoms with van der Waals surface area (Å²) < 4.78 is 17.0. The third-order valence-electron chi connectivity index (χ3n) is 5.87. The van der Waals surface area contributed by atoms with E-state index in [0.29, 0.717) is 52.6 Å². The molecule has 2 N–H and O–H groups in total. The van der Waals surface area contributed by atoms with Gasteiger partial charge in [0.25, 0.3) is 11.8 Å². The molecule has 0 saturated carbocycles. The van der Waals surface area contributed by atoms with Crippen molar-refractivity contribution >= 4 is 44.9 Å². The van der Waals surface area contributed by atoms with E-state index < -0.39 is 5.91 Å². The number of furan rings is 1. The molecular formula is C28H20N2O5. The Morgan fingerprint density at radius 3 is 2.31 bits per heavy atom. The zero-order valence-electron chi connectivity index (χ0n) is 18.5. The van der Waals surface area contributed by atoms with Crippen LogP contribution in [0.5, 0.6) is 11.5 Å². The molecule has 5 aromatic rings. The third kappa shape index (κ3) is 3.83. The van der Waals surface area contributed by atoms with Crippen molar-refractivity contribution in [2.45, 2.75) is 0 Å². The fourth-order valence-corrected chi connectivity index (χ4v) is 4.24. The normalized spacial score (nSPS) is 12.5. The average molecular weight is 464 g/mol. The number of benzene rings is 4. The van der Waals surface area contributed by atoms with E-state index in [1.54, 1.807) is 36.4 Å². The van der Waals surface area contributed by atoms with Crippen molar-refractivity contribution in [3.05, 3.63) is 96.3 Å². The molecule has 172 valence electrons. The minimum atomic E-state index is -0.494. The van der Waals surface area contributed by atoms with E-state index in [0.717, 1.165) is 10.8 Å². The summed E-state index contributed by atoms with van der Waals surface area (Å²) in [5.41, 5.74) is 1.83. The maximum Gasteiger partial charge on any atom is 0.293 e. The fourth-order valence-electron chi connectivity index (χ4n) is 4.24. The number of anilines is 2. The minimum absolute atomic E-state index is 0.00896. The van der Waals surface area contributed by atoms with Crippen LogP contribution in [-0.2, 0) is 0 Å². The van der Waals surface area contributed by atoms with Crippen molar-refractivity contribution in [2.24, 2.45) is 0 Å². The van der Waals surface area contributed by atoms with Gasteiger partial charge in [0.15, 0.2) is 11.5 Å². The third-order valence-corrected chi connectivity index (χ3v) is 5.87. The molecule has 0 aliphatic carbocycles. The first-order valence-electron chi connectivity index (χ1n) is 11.2. The van der Waals surface area contributed by atoms with Gasteiger partial charge < -0.3 is 24.5 Å². The highest BCUT2D eigenvalue weighted by atomic mass is 16.6. The molecule has 0 bridgehead atoms. The summed E-state index contributed by atoms with van der Waals surface area (Å²) in [5, 5.41) is 8.16. The molecule has 35 heavy (non-hydrogen) atoms. The van der Waals surface area contributed by atoms with Crippen molar-refractivity contribution in [3.63, 3.8) is 0 Å². The molecule has 1 aromatic heterocycles. The molecule has 0 spiro atoms. The number of nitrogens with one attached hydrogen (secondary N) is 2. The Bertz CT molecular complexity index is 1600. The highest BCUT2D eigenvalue weighted by Crippen LogP contribution is 2.35. The predicted molar refractivity (Wildman–Crippen MR) is 134 cm³/mol. The molecule has 0 saturated heterocycles. The second kappa shape index (κ2) is 8.53. The number of hydrogen-bond acceptors (Lipinski definition) is 5. The van der Waals surface area contributed by atoms with Gasteiger partial charge in [0.05, 0.1) is 0 Å². The number of fused-ring (bicyclic) bond motifs is 3. The molecule has 4 aromatic carbocycles. The van der Waals surface area contributed by atoms with Gasteiger partial charge >= 0.3 is 0 Å². The number of para-hydroxylation sites is 1. The smallest absolute Gasteiger partial charge is 0.293 e. The lowest BCUT2D eigenvalue weighted by molar-refractivity contribution is 0.0999. The topological polar surface area (TPSA) is 89.8 Å². The second-order valence-electron chi connectivity index (χ2n) is 8.10. The molecule has 2 heterocycles. The quantitative estimate of drug-likeness (QED) is 0.348. The van der Waals surface area contributed by atoms with Crippen LogP contribution in [0, 0.1) is 0 Å².